The van der Waals surface area contributed by atoms with Crippen molar-refractivity contribution in [2.45, 2.75) is 18.9 Å². The summed E-state index contributed by atoms with van der Waals surface area (Å²) in [6, 6.07) is 0.325. The summed E-state index contributed by atoms with van der Waals surface area (Å²) in [5, 5.41) is 12.6. The number of imidazole rings is 1. The van der Waals surface area contributed by atoms with Gasteiger partial charge in [-0.05, 0) is 18.9 Å². The van der Waals surface area contributed by atoms with Crippen LogP contribution in [0.15, 0.2) is 9.79 Å². The van der Waals surface area contributed by atoms with E-state index in [0.717, 1.165) is 18.4 Å². The van der Waals surface area contributed by atoms with Crippen LogP contribution in [0.25, 0.3) is 11.6 Å². The Morgan fingerprint density at radius 3 is 2.87 bits per heavy atom. The van der Waals surface area contributed by atoms with Crippen molar-refractivity contribution in [1.82, 2.24) is 24.6 Å². The number of aromatic hydroxyl groups is 1. The zero-order valence-corrected chi connectivity index (χ0v) is 12.4. The van der Waals surface area contributed by atoms with Crippen LogP contribution >= 0.6 is 0 Å². The van der Waals surface area contributed by atoms with Gasteiger partial charge in [-0.1, -0.05) is 0 Å². The predicted octanol–water partition coefficient (Wildman–Crippen LogP) is -0.797. The highest BCUT2D eigenvalue weighted by molar-refractivity contribution is 5.82. The summed E-state index contributed by atoms with van der Waals surface area (Å²) in [5.74, 6) is 0.911. The molecule has 5 N–H and O–H groups in total. The van der Waals surface area contributed by atoms with E-state index in [1.54, 1.807) is 17.8 Å². The van der Waals surface area contributed by atoms with Gasteiger partial charge in [-0.25, -0.2) is 14.5 Å². The molecule has 23 heavy (non-hydrogen) atoms. The van der Waals surface area contributed by atoms with Gasteiger partial charge in [0, 0.05) is 12.6 Å². The van der Waals surface area contributed by atoms with E-state index in [-0.39, 0.29) is 5.88 Å². The molecule has 0 radical (unpaired) electrons. The van der Waals surface area contributed by atoms with Gasteiger partial charge < -0.3 is 20.8 Å². The van der Waals surface area contributed by atoms with Crippen LogP contribution in [-0.2, 0) is 0 Å². The molecular formula is C13H16N8O2. The normalized spacial score (nSPS) is 19.0. The summed E-state index contributed by atoms with van der Waals surface area (Å²) in [5.41, 5.74) is 4.39. The molecule has 1 aliphatic carbocycles. The minimum absolute atomic E-state index is 0.202. The molecule has 120 valence electrons. The molecule has 3 heterocycles. The van der Waals surface area contributed by atoms with E-state index in [4.69, 9.17) is 0 Å². The van der Waals surface area contributed by atoms with E-state index in [2.05, 4.69) is 35.7 Å². The number of nitrogens with one attached hydrogen (secondary N) is 4. The molecule has 0 atom stereocenters. The minimum atomic E-state index is -0.462. The smallest absolute Gasteiger partial charge is 0.326 e. The molecule has 1 aliphatic heterocycles. The van der Waals surface area contributed by atoms with Crippen LogP contribution in [-0.4, -0.2) is 49.4 Å². The molecule has 0 amide bonds. The van der Waals surface area contributed by atoms with E-state index in [0.29, 0.717) is 35.7 Å². The Kier molecular flexibility index (Phi) is 2.96. The lowest BCUT2D eigenvalue weighted by atomic mass is 10.2. The quantitative estimate of drug-likeness (QED) is 0.503. The molecule has 0 unspecified atom stereocenters. The van der Waals surface area contributed by atoms with Crippen molar-refractivity contribution in [3.05, 3.63) is 27.6 Å². The average Bonchev–Trinajstić information content (AvgIpc) is 3.16. The fourth-order valence-electron chi connectivity index (χ4n) is 2.37. The number of hydrogen-bond donors (Lipinski definition) is 5. The van der Waals surface area contributed by atoms with Gasteiger partial charge in [0.1, 0.15) is 5.69 Å². The topological polar surface area (TPSA) is 136 Å². The van der Waals surface area contributed by atoms with Gasteiger partial charge in [-0.15, -0.1) is 0 Å². The maximum absolute atomic E-state index is 11.2. The second kappa shape index (κ2) is 5.00. The third-order valence-electron chi connectivity index (χ3n) is 3.67. The second-order valence-corrected chi connectivity index (χ2v) is 5.46. The molecule has 2 aromatic rings. The number of fused-ring (bicyclic) bond motifs is 1. The molecule has 4 rings (SSSR count). The lowest BCUT2D eigenvalue weighted by Crippen LogP contribution is -2.31. The maximum atomic E-state index is 11.2. The van der Waals surface area contributed by atoms with Crippen molar-refractivity contribution in [2.75, 3.05) is 24.3 Å². The van der Waals surface area contributed by atoms with Gasteiger partial charge in [-0.3, -0.25) is 4.98 Å². The predicted molar refractivity (Wildman–Crippen MR) is 83.3 cm³/mol. The van der Waals surface area contributed by atoms with Gasteiger partial charge in [-0.2, -0.15) is 9.97 Å². The van der Waals surface area contributed by atoms with E-state index in [1.807, 2.05) is 0 Å². The molecule has 10 heteroatoms. The number of rotatable bonds is 3. The van der Waals surface area contributed by atoms with Crippen LogP contribution in [0.5, 0.6) is 5.88 Å². The van der Waals surface area contributed by atoms with Crippen LogP contribution in [0, 0.1) is 0 Å². The molecule has 1 fully saturated rings. The zero-order chi connectivity index (χ0) is 16.0. The van der Waals surface area contributed by atoms with Gasteiger partial charge in [0.05, 0.1) is 12.6 Å². The molecule has 0 bridgehead atoms. The van der Waals surface area contributed by atoms with Crippen molar-refractivity contribution in [1.29, 1.82) is 0 Å². The Morgan fingerprint density at radius 1 is 1.39 bits per heavy atom. The Morgan fingerprint density at radius 2 is 2.22 bits per heavy atom. The van der Waals surface area contributed by atoms with Crippen molar-refractivity contribution in [3.63, 3.8) is 0 Å². The first-order chi connectivity index (χ1) is 11.1. The lowest BCUT2D eigenvalue weighted by Gasteiger charge is -2.06. The summed E-state index contributed by atoms with van der Waals surface area (Å²) < 4.78 is 1.73. The van der Waals surface area contributed by atoms with Crippen LogP contribution < -0.4 is 22.1 Å². The minimum Gasteiger partial charge on any atom is -0.493 e. The first kappa shape index (κ1) is 13.6. The van der Waals surface area contributed by atoms with Crippen LogP contribution in [0.4, 0.5) is 5.95 Å². The van der Waals surface area contributed by atoms with Crippen LogP contribution in [0.2, 0.25) is 0 Å². The fourth-order valence-corrected chi connectivity index (χ4v) is 2.37. The summed E-state index contributed by atoms with van der Waals surface area (Å²) in [6.07, 6.45) is 3.83. The third kappa shape index (κ3) is 2.47. The SMILES string of the molecule is CNc1nc2n(c(=NC3CC3)n1)NC/C2=C\c1[nH]c(=O)[nH]c1O. The van der Waals surface area contributed by atoms with E-state index in [9.17, 15) is 9.90 Å². The Hall–Kier alpha value is -3.04. The third-order valence-corrected chi connectivity index (χ3v) is 3.67. The van der Waals surface area contributed by atoms with Crippen molar-refractivity contribution in [2.24, 2.45) is 4.99 Å². The number of H-pyrrole nitrogens is 2. The highest BCUT2D eigenvalue weighted by Crippen LogP contribution is 2.24. The first-order valence-electron chi connectivity index (χ1n) is 7.33. The summed E-state index contributed by atoms with van der Waals surface area (Å²) in [4.78, 5) is 29.5. The van der Waals surface area contributed by atoms with Gasteiger partial charge in [0.2, 0.25) is 17.4 Å². The number of hydrogen-bond acceptors (Lipinski definition) is 7. The molecule has 2 aromatic heterocycles. The maximum Gasteiger partial charge on any atom is 0.326 e. The molecule has 10 nitrogen and oxygen atoms in total. The standard InChI is InChI=1S/C13H16N8O2/c1-14-11-18-9-6(4-8-10(22)19-13(23)17-8)5-15-21(9)12(20-11)16-7-2-3-7/h4,7,15,22H,2-3,5H2,1H3,(H,14,16,20)(H2,17,19,23)/b6-4+. The number of nitrogens with zero attached hydrogens (tertiary/aromatic N) is 4. The highest BCUT2D eigenvalue weighted by Gasteiger charge is 2.24. The van der Waals surface area contributed by atoms with Crippen molar-refractivity contribution in [3.8, 4) is 5.88 Å². The zero-order valence-electron chi connectivity index (χ0n) is 12.4. The van der Waals surface area contributed by atoms with Crippen LogP contribution in [0.3, 0.4) is 0 Å². The molecule has 0 saturated heterocycles. The molecule has 1 saturated carbocycles. The number of aromatic nitrogens is 5. The van der Waals surface area contributed by atoms with E-state index in [1.165, 1.54) is 0 Å². The van der Waals surface area contributed by atoms with Gasteiger partial charge >= 0.3 is 5.69 Å². The van der Waals surface area contributed by atoms with Crippen LogP contribution in [0.1, 0.15) is 24.4 Å². The number of anilines is 1. The van der Waals surface area contributed by atoms with E-state index >= 15 is 0 Å². The van der Waals surface area contributed by atoms with E-state index < -0.39 is 5.69 Å². The monoisotopic (exact) mass is 316 g/mol. The highest BCUT2D eigenvalue weighted by atomic mass is 16.3. The largest absolute Gasteiger partial charge is 0.493 e. The summed E-state index contributed by atoms with van der Waals surface area (Å²) >= 11 is 0. The van der Waals surface area contributed by atoms with Crippen molar-refractivity contribution < 1.29 is 5.11 Å². The fraction of sp³-hybridized carbons (Fsp3) is 0.385. The Labute approximate surface area is 130 Å². The Balaban J connectivity index is 1.84. The number of aromatic amines is 2. The molecule has 0 aromatic carbocycles. The van der Waals surface area contributed by atoms with Crippen molar-refractivity contribution >= 4 is 17.6 Å². The summed E-state index contributed by atoms with van der Waals surface area (Å²) in [7, 11) is 1.74. The molecular weight excluding hydrogens is 300 g/mol. The average molecular weight is 316 g/mol. The summed E-state index contributed by atoms with van der Waals surface area (Å²) in [6.45, 7) is 0.488. The van der Waals surface area contributed by atoms with Gasteiger partial charge in [0.15, 0.2) is 5.82 Å². The second-order valence-electron chi connectivity index (χ2n) is 5.46. The van der Waals surface area contributed by atoms with Gasteiger partial charge in [0.25, 0.3) is 0 Å². The lowest BCUT2D eigenvalue weighted by molar-refractivity contribution is 0.454. The molecule has 2 aliphatic rings. The first-order valence-corrected chi connectivity index (χ1v) is 7.33. The Bertz CT molecular complexity index is 915. The molecule has 0 spiro atoms.